The second-order valence-corrected chi connectivity index (χ2v) is 8.19. The van der Waals surface area contributed by atoms with E-state index in [9.17, 15) is 18.0 Å². The Morgan fingerprint density at radius 1 is 1.07 bits per heavy atom. The largest absolute Gasteiger partial charge is 0.417 e. The minimum atomic E-state index is -4.61. The number of piperidine rings is 3. The molecule has 3 nitrogen and oxygen atoms in total. The first-order valence-corrected chi connectivity index (χ1v) is 10.2. The van der Waals surface area contributed by atoms with Gasteiger partial charge in [0.1, 0.15) is 0 Å². The van der Waals surface area contributed by atoms with Gasteiger partial charge in [-0.1, -0.05) is 48.0 Å². The zero-order valence-corrected chi connectivity index (χ0v) is 16.5. The highest BCUT2D eigenvalue weighted by molar-refractivity contribution is 6.34. The molecule has 2 atom stereocenters. The zero-order valence-electron chi connectivity index (χ0n) is 15.8. The molecule has 3 saturated heterocycles. The number of fused-ring (bicyclic) bond motifs is 3. The lowest BCUT2D eigenvalue weighted by molar-refractivity contribution is -0.137. The number of carbonyl (C=O) groups excluding carboxylic acids is 1. The summed E-state index contributed by atoms with van der Waals surface area (Å²) < 4.78 is 39.6. The fourth-order valence-corrected chi connectivity index (χ4v) is 4.88. The fraction of sp³-hybridized carbons (Fsp3) is 0.409. The van der Waals surface area contributed by atoms with E-state index in [2.05, 4.69) is 10.2 Å². The minimum absolute atomic E-state index is 0.124. The Kier molecular flexibility index (Phi) is 5.58. The number of nitrogens with zero attached hydrogens (tertiary/aromatic N) is 1. The SMILES string of the molecule is O=C(NC(c1ccccc1)C1CC2CCN1CC2)c1cccc(C(F)(F)F)c1Cl. The molecule has 0 spiro atoms. The number of hydrogen-bond donors (Lipinski definition) is 1. The van der Waals surface area contributed by atoms with Gasteiger partial charge < -0.3 is 5.32 Å². The van der Waals surface area contributed by atoms with Crippen LogP contribution in [0.3, 0.4) is 0 Å². The molecule has 3 aliphatic rings. The Morgan fingerprint density at radius 3 is 2.34 bits per heavy atom. The maximum atomic E-state index is 13.2. The molecule has 0 radical (unpaired) electrons. The molecule has 3 fully saturated rings. The Balaban J connectivity index is 1.64. The van der Waals surface area contributed by atoms with Gasteiger partial charge in [0, 0.05) is 6.04 Å². The van der Waals surface area contributed by atoms with Crippen LogP contribution in [0.25, 0.3) is 0 Å². The van der Waals surface area contributed by atoms with E-state index < -0.39 is 22.7 Å². The molecule has 0 saturated carbocycles. The van der Waals surface area contributed by atoms with Crippen molar-refractivity contribution in [3.05, 3.63) is 70.2 Å². The maximum Gasteiger partial charge on any atom is 0.417 e. The molecule has 5 rings (SSSR count). The Bertz CT molecular complexity index is 879. The molecule has 0 aliphatic carbocycles. The number of hydrogen-bond acceptors (Lipinski definition) is 2. The summed E-state index contributed by atoms with van der Waals surface area (Å²) in [4.78, 5) is 15.4. The van der Waals surface area contributed by atoms with E-state index in [1.54, 1.807) is 0 Å². The third kappa shape index (κ3) is 4.14. The summed E-state index contributed by atoms with van der Waals surface area (Å²) in [6.45, 7) is 1.97. The average Bonchev–Trinajstić information content (AvgIpc) is 2.72. The van der Waals surface area contributed by atoms with E-state index >= 15 is 0 Å². The third-order valence-electron chi connectivity index (χ3n) is 6.07. The number of benzene rings is 2. The third-order valence-corrected chi connectivity index (χ3v) is 6.48. The standard InChI is InChI=1S/C22H22ClF3N2O/c23-19-16(7-4-8-17(19)22(24,25)26)21(29)27-20(15-5-2-1-3-6-15)18-13-14-9-11-28(18)12-10-14/h1-8,14,18,20H,9-13H2,(H,27,29). The summed E-state index contributed by atoms with van der Waals surface area (Å²) in [6, 6.07) is 12.9. The van der Waals surface area contributed by atoms with E-state index in [-0.39, 0.29) is 17.6 Å². The van der Waals surface area contributed by atoms with E-state index in [1.165, 1.54) is 12.1 Å². The number of nitrogens with one attached hydrogen (secondary N) is 1. The molecule has 154 valence electrons. The predicted molar refractivity (Wildman–Crippen MR) is 106 cm³/mol. The fourth-order valence-electron chi connectivity index (χ4n) is 4.57. The zero-order chi connectivity index (χ0) is 20.6. The van der Waals surface area contributed by atoms with Gasteiger partial charge in [-0.25, -0.2) is 0 Å². The van der Waals surface area contributed by atoms with Gasteiger partial charge in [-0.05, 0) is 56.0 Å². The summed E-state index contributed by atoms with van der Waals surface area (Å²) in [6.07, 6.45) is -1.33. The molecule has 2 aromatic carbocycles. The van der Waals surface area contributed by atoms with Crippen molar-refractivity contribution in [2.45, 2.75) is 37.5 Å². The van der Waals surface area contributed by atoms with E-state index in [1.807, 2.05) is 30.3 Å². The van der Waals surface area contributed by atoms with Crippen molar-refractivity contribution >= 4 is 17.5 Å². The average molecular weight is 423 g/mol. The van der Waals surface area contributed by atoms with E-state index in [0.29, 0.717) is 5.92 Å². The normalized spacial score (nSPS) is 24.9. The minimum Gasteiger partial charge on any atom is -0.344 e. The molecule has 1 amide bonds. The van der Waals surface area contributed by atoms with Gasteiger partial charge in [0.25, 0.3) is 5.91 Å². The van der Waals surface area contributed by atoms with E-state index in [0.717, 1.165) is 44.0 Å². The number of halogens is 4. The van der Waals surface area contributed by atoms with Gasteiger partial charge in [-0.2, -0.15) is 13.2 Å². The van der Waals surface area contributed by atoms with Crippen LogP contribution < -0.4 is 5.32 Å². The van der Waals surface area contributed by atoms with Gasteiger partial charge in [-0.3, -0.25) is 9.69 Å². The first-order valence-electron chi connectivity index (χ1n) is 9.80. The van der Waals surface area contributed by atoms with E-state index in [4.69, 9.17) is 11.6 Å². The highest BCUT2D eigenvalue weighted by Gasteiger charge is 2.40. The monoisotopic (exact) mass is 422 g/mol. The summed E-state index contributed by atoms with van der Waals surface area (Å²) in [5.41, 5.74) is -0.205. The van der Waals surface area contributed by atoms with Crippen molar-refractivity contribution in [2.24, 2.45) is 5.92 Å². The number of carbonyl (C=O) groups is 1. The number of rotatable bonds is 4. The second kappa shape index (κ2) is 8.00. The van der Waals surface area contributed by atoms with Crippen LogP contribution in [0.1, 0.15) is 46.8 Å². The lowest BCUT2D eigenvalue weighted by Gasteiger charge is -2.48. The molecular weight excluding hydrogens is 401 g/mol. The number of amides is 1. The van der Waals surface area contributed by atoms with Crippen molar-refractivity contribution < 1.29 is 18.0 Å². The molecule has 2 aromatic rings. The second-order valence-electron chi connectivity index (χ2n) is 7.81. The molecule has 29 heavy (non-hydrogen) atoms. The van der Waals surface area contributed by atoms with Crippen LogP contribution in [0, 0.1) is 5.92 Å². The Labute approximate surface area is 172 Å². The summed E-state index contributed by atoms with van der Waals surface area (Å²) in [7, 11) is 0. The molecule has 3 heterocycles. The first-order chi connectivity index (χ1) is 13.8. The summed E-state index contributed by atoms with van der Waals surface area (Å²) >= 11 is 5.98. The molecule has 3 aliphatic heterocycles. The molecule has 2 unspecified atom stereocenters. The van der Waals surface area contributed by atoms with Gasteiger partial charge in [0.2, 0.25) is 0 Å². The summed E-state index contributed by atoms with van der Waals surface area (Å²) in [5.74, 6) is 0.0443. The quantitative estimate of drug-likeness (QED) is 0.723. The first kappa shape index (κ1) is 20.2. The molecule has 1 N–H and O–H groups in total. The van der Waals surface area contributed by atoms with Crippen LogP contribution >= 0.6 is 11.6 Å². The van der Waals surface area contributed by atoms with Crippen LogP contribution in [0.2, 0.25) is 5.02 Å². The Hall–Kier alpha value is -2.05. The smallest absolute Gasteiger partial charge is 0.344 e. The van der Waals surface area contributed by atoms with Gasteiger partial charge in [-0.15, -0.1) is 0 Å². The van der Waals surface area contributed by atoms with Gasteiger partial charge in [0.05, 0.1) is 22.2 Å². The van der Waals surface area contributed by atoms with Crippen molar-refractivity contribution in [3.8, 4) is 0 Å². The lowest BCUT2D eigenvalue weighted by atomic mass is 9.79. The molecule has 2 bridgehead atoms. The predicted octanol–water partition coefficient (Wildman–Crippen LogP) is 5.31. The van der Waals surface area contributed by atoms with Crippen molar-refractivity contribution in [3.63, 3.8) is 0 Å². The highest BCUT2D eigenvalue weighted by atomic mass is 35.5. The van der Waals surface area contributed by atoms with Gasteiger partial charge >= 0.3 is 6.18 Å². The van der Waals surface area contributed by atoms with Crippen molar-refractivity contribution in [2.75, 3.05) is 13.1 Å². The Morgan fingerprint density at radius 2 is 1.76 bits per heavy atom. The van der Waals surface area contributed by atoms with Crippen molar-refractivity contribution in [1.29, 1.82) is 0 Å². The topological polar surface area (TPSA) is 32.3 Å². The lowest BCUT2D eigenvalue weighted by Crippen LogP contribution is -2.54. The van der Waals surface area contributed by atoms with Crippen molar-refractivity contribution in [1.82, 2.24) is 10.2 Å². The maximum absolute atomic E-state index is 13.2. The van der Waals surface area contributed by atoms with Crippen LogP contribution in [0.4, 0.5) is 13.2 Å². The molecular formula is C22H22ClF3N2O. The van der Waals surface area contributed by atoms with Gasteiger partial charge in [0.15, 0.2) is 0 Å². The highest BCUT2D eigenvalue weighted by Crippen LogP contribution is 2.39. The number of alkyl halides is 3. The van der Waals surface area contributed by atoms with Crippen LogP contribution in [-0.2, 0) is 6.18 Å². The molecule has 7 heteroatoms. The van der Waals surface area contributed by atoms with Crippen LogP contribution in [-0.4, -0.2) is 29.9 Å². The van der Waals surface area contributed by atoms with Crippen LogP contribution in [0.15, 0.2) is 48.5 Å². The van der Waals surface area contributed by atoms with Crippen LogP contribution in [0.5, 0.6) is 0 Å². The molecule has 0 aromatic heterocycles. The summed E-state index contributed by atoms with van der Waals surface area (Å²) in [5, 5.41) is 2.43.